The Balaban J connectivity index is 0.000000347. The average Bonchev–Trinajstić information content (AvgIpc) is 2.38. The standard InChI is InChI=1S/C13H11ClN.BF4/c1-11(15-9-5-2-6-10-15)12-7-3-4-8-13(12)14;2-1(3,4)5/h2-10H,1H2;/q+1;-1. The van der Waals surface area contributed by atoms with Gasteiger partial charge in [-0.3, -0.25) is 0 Å². The van der Waals surface area contributed by atoms with E-state index in [0.29, 0.717) is 0 Å². The summed E-state index contributed by atoms with van der Waals surface area (Å²) in [6.07, 6.45) is 3.90. The number of hydrogen-bond donors (Lipinski definition) is 0. The van der Waals surface area contributed by atoms with E-state index in [-0.39, 0.29) is 0 Å². The number of benzene rings is 1. The molecule has 0 spiro atoms. The van der Waals surface area contributed by atoms with Crippen molar-refractivity contribution in [2.75, 3.05) is 0 Å². The van der Waals surface area contributed by atoms with Crippen LogP contribution in [0.3, 0.4) is 0 Å². The Hall–Kier alpha value is -1.82. The van der Waals surface area contributed by atoms with Crippen LogP contribution >= 0.6 is 11.6 Å². The van der Waals surface area contributed by atoms with Gasteiger partial charge in [-0.15, -0.1) is 0 Å². The molecule has 20 heavy (non-hydrogen) atoms. The molecule has 0 fully saturated rings. The van der Waals surface area contributed by atoms with E-state index in [9.17, 15) is 17.3 Å². The molecule has 1 nitrogen and oxygen atoms in total. The highest BCUT2D eigenvalue weighted by molar-refractivity contribution is 6.50. The fraction of sp³-hybridized carbons (Fsp3) is 0. The molecular weight excluding hydrogens is 292 g/mol. The first kappa shape index (κ1) is 16.2. The van der Waals surface area contributed by atoms with E-state index in [1.165, 1.54) is 0 Å². The van der Waals surface area contributed by atoms with Crippen molar-refractivity contribution >= 4 is 24.6 Å². The molecule has 0 unspecified atom stereocenters. The number of hydrogen-bond acceptors (Lipinski definition) is 0. The Morgan fingerprint density at radius 2 is 1.45 bits per heavy atom. The molecule has 0 atom stereocenters. The highest BCUT2D eigenvalue weighted by Crippen LogP contribution is 2.19. The Labute approximate surface area is 119 Å². The number of halogens is 5. The Bertz CT molecular complexity index is 566. The SMILES string of the molecule is C=C(c1ccccc1Cl)[n+]1ccccc1.F[B-](F)(F)F. The lowest BCUT2D eigenvalue weighted by Gasteiger charge is -2.01. The van der Waals surface area contributed by atoms with E-state index in [4.69, 9.17) is 11.6 Å². The lowest BCUT2D eigenvalue weighted by Crippen LogP contribution is -2.30. The molecule has 0 aliphatic carbocycles. The van der Waals surface area contributed by atoms with Crippen LogP contribution in [0.1, 0.15) is 5.56 Å². The minimum atomic E-state index is -6.00. The zero-order valence-electron chi connectivity index (χ0n) is 10.3. The van der Waals surface area contributed by atoms with Crippen molar-refractivity contribution in [3.8, 4) is 0 Å². The summed E-state index contributed by atoms with van der Waals surface area (Å²) < 4.78 is 40.9. The summed E-state index contributed by atoms with van der Waals surface area (Å²) in [5, 5.41) is 0.721. The van der Waals surface area contributed by atoms with Crippen molar-refractivity contribution in [1.29, 1.82) is 0 Å². The summed E-state index contributed by atoms with van der Waals surface area (Å²) >= 11 is 6.09. The number of aromatic nitrogens is 1. The van der Waals surface area contributed by atoms with Gasteiger partial charge in [-0.1, -0.05) is 29.8 Å². The minimum absolute atomic E-state index is 0.721. The lowest BCUT2D eigenvalue weighted by atomic mass is 10.1. The molecule has 0 N–H and O–H groups in total. The molecule has 106 valence electrons. The smallest absolute Gasteiger partial charge is 0.418 e. The summed E-state index contributed by atoms with van der Waals surface area (Å²) in [6, 6.07) is 13.6. The van der Waals surface area contributed by atoms with Gasteiger partial charge >= 0.3 is 7.25 Å². The third kappa shape index (κ3) is 5.88. The predicted octanol–water partition coefficient (Wildman–Crippen LogP) is 4.45. The second-order valence-corrected chi connectivity index (χ2v) is 4.11. The van der Waals surface area contributed by atoms with Crippen LogP contribution < -0.4 is 4.57 Å². The second-order valence-electron chi connectivity index (χ2n) is 3.70. The van der Waals surface area contributed by atoms with Crippen LogP contribution in [-0.2, 0) is 0 Å². The summed E-state index contributed by atoms with van der Waals surface area (Å²) in [4.78, 5) is 0. The summed E-state index contributed by atoms with van der Waals surface area (Å²) in [7, 11) is -6.00. The third-order valence-corrected chi connectivity index (χ3v) is 2.54. The van der Waals surface area contributed by atoms with E-state index in [1.807, 2.05) is 59.4 Å². The molecule has 1 heterocycles. The van der Waals surface area contributed by atoms with E-state index in [0.717, 1.165) is 16.3 Å². The molecule has 2 aromatic rings. The molecule has 0 aliphatic rings. The third-order valence-electron chi connectivity index (χ3n) is 2.21. The van der Waals surface area contributed by atoms with Crippen LogP contribution in [0.4, 0.5) is 17.3 Å². The maximum atomic E-state index is 9.75. The first-order valence-electron chi connectivity index (χ1n) is 5.57. The zero-order chi connectivity index (χ0) is 15.2. The predicted molar refractivity (Wildman–Crippen MR) is 72.7 cm³/mol. The monoisotopic (exact) mass is 303 g/mol. The molecule has 1 aromatic heterocycles. The largest absolute Gasteiger partial charge is 0.673 e. The van der Waals surface area contributed by atoms with E-state index in [1.54, 1.807) is 0 Å². The first-order chi connectivity index (χ1) is 9.29. The quantitative estimate of drug-likeness (QED) is 0.438. The molecule has 0 saturated heterocycles. The van der Waals surface area contributed by atoms with Crippen molar-refractivity contribution in [3.63, 3.8) is 0 Å². The van der Waals surface area contributed by atoms with E-state index in [2.05, 4.69) is 6.58 Å². The fourth-order valence-corrected chi connectivity index (χ4v) is 1.66. The van der Waals surface area contributed by atoms with Crippen LogP contribution in [0.5, 0.6) is 0 Å². The molecule has 0 saturated carbocycles. The van der Waals surface area contributed by atoms with Gasteiger partial charge in [-0.25, -0.2) is 0 Å². The van der Waals surface area contributed by atoms with Gasteiger partial charge in [0.25, 0.3) is 0 Å². The summed E-state index contributed by atoms with van der Waals surface area (Å²) in [5.41, 5.74) is 1.83. The number of rotatable bonds is 2. The van der Waals surface area contributed by atoms with Crippen molar-refractivity contribution in [3.05, 3.63) is 72.0 Å². The highest BCUT2D eigenvalue weighted by Gasteiger charge is 2.20. The maximum Gasteiger partial charge on any atom is 0.673 e. The zero-order valence-corrected chi connectivity index (χ0v) is 11.1. The Morgan fingerprint density at radius 1 is 0.950 bits per heavy atom. The summed E-state index contributed by atoms with van der Waals surface area (Å²) in [5.74, 6) is 0. The van der Waals surface area contributed by atoms with Gasteiger partial charge in [0.05, 0.1) is 10.6 Å². The van der Waals surface area contributed by atoms with Gasteiger partial charge in [0, 0.05) is 12.1 Å². The van der Waals surface area contributed by atoms with Crippen molar-refractivity contribution < 1.29 is 21.8 Å². The molecule has 0 amide bonds. The maximum absolute atomic E-state index is 9.75. The van der Waals surface area contributed by atoms with Crippen molar-refractivity contribution in [2.45, 2.75) is 0 Å². The molecular formula is C13H11BClF4N. The fourth-order valence-electron chi connectivity index (χ4n) is 1.41. The number of pyridine rings is 1. The Kier molecular flexibility index (Phi) is 5.76. The second kappa shape index (κ2) is 7.10. The van der Waals surface area contributed by atoms with E-state index < -0.39 is 7.25 Å². The van der Waals surface area contributed by atoms with Gasteiger partial charge in [0.15, 0.2) is 12.4 Å². The first-order valence-corrected chi connectivity index (χ1v) is 5.94. The lowest BCUT2D eigenvalue weighted by molar-refractivity contribution is -0.578. The molecule has 2 rings (SSSR count). The molecule has 7 heteroatoms. The van der Waals surface area contributed by atoms with Gasteiger partial charge < -0.3 is 17.3 Å². The van der Waals surface area contributed by atoms with Crippen LogP contribution in [0.2, 0.25) is 5.02 Å². The van der Waals surface area contributed by atoms with Crippen LogP contribution in [-0.4, -0.2) is 7.25 Å². The van der Waals surface area contributed by atoms with E-state index >= 15 is 0 Å². The highest BCUT2D eigenvalue weighted by atomic mass is 35.5. The Morgan fingerprint density at radius 3 is 1.95 bits per heavy atom. The van der Waals surface area contributed by atoms with Gasteiger partial charge in [0.2, 0.25) is 5.70 Å². The molecule has 1 aromatic carbocycles. The van der Waals surface area contributed by atoms with Crippen molar-refractivity contribution in [2.24, 2.45) is 0 Å². The van der Waals surface area contributed by atoms with Crippen molar-refractivity contribution in [1.82, 2.24) is 0 Å². The minimum Gasteiger partial charge on any atom is -0.418 e. The summed E-state index contributed by atoms with van der Waals surface area (Å²) in [6.45, 7) is 4.03. The molecule has 0 radical (unpaired) electrons. The normalized spacial score (nSPS) is 10.4. The molecule has 0 aliphatic heterocycles. The van der Waals surface area contributed by atoms with Crippen LogP contribution in [0, 0.1) is 0 Å². The van der Waals surface area contributed by atoms with Crippen LogP contribution in [0.15, 0.2) is 61.4 Å². The topological polar surface area (TPSA) is 3.88 Å². The average molecular weight is 303 g/mol. The van der Waals surface area contributed by atoms with Crippen LogP contribution in [0.25, 0.3) is 5.70 Å². The van der Waals surface area contributed by atoms with Gasteiger partial charge in [0.1, 0.15) is 0 Å². The van der Waals surface area contributed by atoms with Gasteiger partial charge in [-0.2, -0.15) is 4.57 Å². The van der Waals surface area contributed by atoms with Gasteiger partial charge in [-0.05, 0) is 18.7 Å². The number of nitrogens with zero attached hydrogens (tertiary/aromatic N) is 1. The molecule has 0 bridgehead atoms.